The molecule has 2 aliphatic heterocycles. The molecule has 2 fully saturated rings. The van der Waals surface area contributed by atoms with Crippen molar-refractivity contribution in [3.8, 4) is 0 Å². The molecule has 7 heteroatoms. The molecule has 0 saturated carbocycles. The first kappa shape index (κ1) is 19.3. The number of hydrogen-bond acceptors (Lipinski definition) is 6. The molecule has 2 atom stereocenters. The van der Waals surface area contributed by atoms with E-state index < -0.39 is 0 Å². The number of ether oxygens (including phenoxy) is 1. The van der Waals surface area contributed by atoms with Crippen molar-refractivity contribution in [2.75, 3.05) is 37.7 Å². The number of anilines is 1. The van der Waals surface area contributed by atoms with E-state index in [1.54, 1.807) is 0 Å². The van der Waals surface area contributed by atoms with Gasteiger partial charge in [-0.15, -0.1) is 5.10 Å². The Hall–Kier alpha value is -1.99. The summed E-state index contributed by atoms with van der Waals surface area (Å²) in [7, 11) is 0. The normalized spacial score (nSPS) is 22.0. The van der Waals surface area contributed by atoms with Gasteiger partial charge in [-0.2, -0.15) is 0 Å². The average molecular weight is 385 g/mol. The third-order valence-corrected chi connectivity index (χ3v) is 6.32. The molecular weight excluding hydrogens is 352 g/mol. The van der Waals surface area contributed by atoms with E-state index in [0.717, 1.165) is 64.4 Å². The molecule has 0 radical (unpaired) electrons. The molecule has 2 saturated heterocycles. The molecule has 0 amide bonds. The molecule has 152 valence electrons. The SMILES string of the molecule is CC[C@@H](c1nnnn1C[C@H]1CCCO1)N1CCN(c2cccc(C)c2C)CC1. The molecule has 1 aromatic carbocycles. The minimum atomic E-state index is 0.251. The van der Waals surface area contributed by atoms with Gasteiger partial charge in [0.1, 0.15) is 0 Å². The fourth-order valence-electron chi connectivity index (χ4n) is 4.52. The van der Waals surface area contributed by atoms with Gasteiger partial charge in [0.05, 0.1) is 18.7 Å². The monoisotopic (exact) mass is 384 g/mol. The number of aryl methyl sites for hydroxylation is 1. The minimum absolute atomic E-state index is 0.251. The summed E-state index contributed by atoms with van der Waals surface area (Å²) in [4.78, 5) is 5.06. The van der Waals surface area contributed by atoms with Gasteiger partial charge in [0.25, 0.3) is 0 Å². The summed E-state index contributed by atoms with van der Waals surface area (Å²) in [5, 5.41) is 12.6. The number of tetrazole rings is 1. The Morgan fingerprint density at radius 1 is 1.18 bits per heavy atom. The molecule has 0 aliphatic carbocycles. The lowest BCUT2D eigenvalue weighted by atomic mass is 10.1. The topological polar surface area (TPSA) is 59.3 Å². The van der Waals surface area contributed by atoms with Crippen molar-refractivity contribution in [2.24, 2.45) is 0 Å². The van der Waals surface area contributed by atoms with Crippen molar-refractivity contribution in [3.63, 3.8) is 0 Å². The maximum absolute atomic E-state index is 5.79. The Balaban J connectivity index is 1.43. The van der Waals surface area contributed by atoms with Gasteiger partial charge < -0.3 is 9.64 Å². The lowest BCUT2D eigenvalue weighted by Crippen LogP contribution is -2.48. The number of hydrogen-bond donors (Lipinski definition) is 0. The van der Waals surface area contributed by atoms with Crippen LogP contribution in [0.4, 0.5) is 5.69 Å². The van der Waals surface area contributed by atoms with E-state index in [1.807, 2.05) is 4.68 Å². The zero-order valence-corrected chi connectivity index (χ0v) is 17.3. The number of aromatic nitrogens is 4. The summed E-state index contributed by atoms with van der Waals surface area (Å²) in [5.41, 5.74) is 4.12. The lowest BCUT2D eigenvalue weighted by Gasteiger charge is -2.40. The van der Waals surface area contributed by atoms with Gasteiger partial charge in [0.2, 0.25) is 0 Å². The van der Waals surface area contributed by atoms with Crippen LogP contribution in [0, 0.1) is 13.8 Å². The molecule has 4 rings (SSSR count). The highest BCUT2D eigenvalue weighted by Crippen LogP contribution is 2.28. The first-order chi connectivity index (χ1) is 13.7. The highest BCUT2D eigenvalue weighted by Gasteiger charge is 2.29. The van der Waals surface area contributed by atoms with E-state index in [0.29, 0.717) is 0 Å². The molecule has 1 aromatic heterocycles. The number of benzene rings is 1. The largest absolute Gasteiger partial charge is 0.376 e. The maximum Gasteiger partial charge on any atom is 0.168 e. The van der Waals surface area contributed by atoms with Crippen LogP contribution in [0.15, 0.2) is 18.2 Å². The van der Waals surface area contributed by atoms with E-state index in [-0.39, 0.29) is 12.1 Å². The van der Waals surface area contributed by atoms with Crippen molar-refractivity contribution < 1.29 is 4.74 Å². The highest BCUT2D eigenvalue weighted by atomic mass is 16.5. The zero-order valence-electron chi connectivity index (χ0n) is 17.3. The molecule has 28 heavy (non-hydrogen) atoms. The van der Waals surface area contributed by atoms with Crippen LogP contribution in [0.2, 0.25) is 0 Å². The van der Waals surface area contributed by atoms with E-state index in [9.17, 15) is 0 Å². The van der Waals surface area contributed by atoms with Gasteiger partial charge in [-0.1, -0.05) is 19.1 Å². The second-order valence-corrected chi connectivity index (χ2v) is 8.02. The Labute approximate surface area is 167 Å². The van der Waals surface area contributed by atoms with Crippen LogP contribution in [0.25, 0.3) is 0 Å². The standard InChI is InChI=1S/C21H32N6O/c1-4-19(21-22-23-24-27(21)15-18-8-6-14-28-18)25-10-12-26(13-11-25)20-9-5-7-16(2)17(20)3/h5,7,9,18-19H,4,6,8,10-15H2,1-3H3/t18-,19+/m1/s1. The number of nitrogens with zero attached hydrogens (tertiary/aromatic N) is 6. The van der Waals surface area contributed by atoms with Crippen LogP contribution in [0.1, 0.15) is 49.2 Å². The molecule has 0 bridgehead atoms. The van der Waals surface area contributed by atoms with Gasteiger partial charge in [0, 0.05) is 38.5 Å². The predicted octanol–water partition coefficient (Wildman–Crippen LogP) is 2.74. The van der Waals surface area contributed by atoms with Crippen LogP contribution >= 0.6 is 0 Å². The summed E-state index contributed by atoms with van der Waals surface area (Å²) in [6.07, 6.45) is 3.50. The zero-order chi connectivity index (χ0) is 19.5. The van der Waals surface area contributed by atoms with Crippen LogP contribution in [-0.2, 0) is 11.3 Å². The molecule has 2 aromatic rings. The van der Waals surface area contributed by atoms with Gasteiger partial charge in [-0.3, -0.25) is 4.90 Å². The number of piperazine rings is 1. The summed E-state index contributed by atoms with van der Waals surface area (Å²) in [5.74, 6) is 0.984. The summed E-state index contributed by atoms with van der Waals surface area (Å²) < 4.78 is 7.76. The van der Waals surface area contributed by atoms with Crippen LogP contribution < -0.4 is 4.90 Å². The second kappa shape index (κ2) is 8.57. The van der Waals surface area contributed by atoms with Gasteiger partial charge in [-0.25, -0.2) is 4.68 Å². The fourth-order valence-corrected chi connectivity index (χ4v) is 4.52. The number of rotatable bonds is 6. The molecule has 0 N–H and O–H groups in total. The molecule has 2 aliphatic rings. The quantitative estimate of drug-likeness (QED) is 0.763. The van der Waals surface area contributed by atoms with Crippen LogP contribution in [-0.4, -0.2) is 64.0 Å². The van der Waals surface area contributed by atoms with Crippen molar-refractivity contribution in [2.45, 2.75) is 58.7 Å². The van der Waals surface area contributed by atoms with Crippen molar-refractivity contribution >= 4 is 5.69 Å². The van der Waals surface area contributed by atoms with E-state index in [1.165, 1.54) is 16.8 Å². The first-order valence-electron chi connectivity index (χ1n) is 10.6. The molecule has 0 unspecified atom stereocenters. The van der Waals surface area contributed by atoms with Crippen molar-refractivity contribution in [1.82, 2.24) is 25.1 Å². The summed E-state index contributed by atoms with van der Waals surface area (Å²) in [6.45, 7) is 12.4. The third-order valence-electron chi connectivity index (χ3n) is 6.32. The van der Waals surface area contributed by atoms with Gasteiger partial charge in [-0.05, 0) is 60.7 Å². The fraction of sp³-hybridized carbons (Fsp3) is 0.667. The maximum atomic E-state index is 5.79. The van der Waals surface area contributed by atoms with Gasteiger partial charge in [0.15, 0.2) is 5.82 Å². The summed E-state index contributed by atoms with van der Waals surface area (Å²) in [6, 6.07) is 6.86. The van der Waals surface area contributed by atoms with Crippen LogP contribution in [0.5, 0.6) is 0 Å². The molecule has 3 heterocycles. The van der Waals surface area contributed by atoms with E-state index in [4.69, 9.17) is 4.74 Å². The van der Waals surface area contributed by atoms with Crippen LogP contribution in [0.3, 0.4) is 0 Å². The first-order valence-corrected chi connectivity index (χ1v) is 10.6. The Morgan fingerprint density at radius 3 is 2.71 bits per heavy atom. The molecule has 7 nitrogen and oxygen atoms in total. The van der Waals surface area contributed by atoms with E-state index in [2.05, 4.69) is 64.3 Å². The Morgan fingerprint density at radius 2 is 2.00 bits per heavy atom. The smallest absolute Gasteiger partial charge is 0.168 e. The summed E-state index contributed by atoms with van der Waals surface area (Å²) >= 11 is 0. The molecular formula is C21H32N6O. The highest BCUT2D eigenvalue weighted by molar-refractivity contribution is 5.56. The average Bonchev–Trinajstić information content (AvgIpc) is 3.38. The molecule has 0 spiro atoms. The second-order valence-electron chi connectivity index (χ2n) is 8.02. The Bertz CT molecular complexity index is 777. The third kappa shape index (κ3) is 3.91. The minimum Gasteiger partial charge on any atom is -0.376 e. The lowest BCUT2D eigenvalue weighted by molar-refractivity contribution is 0.0894. The van der Waals surface area contributed by atoms with E-state index >= 15 is 0 Å². The van der Waals surface area contributed by atoms with Crippen molar-refractivity contribution in [1.29, 1.82) is 0 Å². The Kier molecular flexibility index (Phi) is 5.92. The van der Waals surface area contributed by atoms with Crippen molar-refractivity contribution in [3.05, 3.63) is 35.2 Å². The predicted molar refractivity (Wildman–Crippen MR) is 110 cm³/mol. The van der Waals surface area contributed by atoms with Gasteiger partial charge >= 0.3 is 0 Å².